The van der Waals surface area contributed by atoms with Crippen LogP contribution in [0.15, 0.2) is 23.1 Å². The summed E-state index contributed by atoms with van der Waals surface area (Å²) in [4.78, 5) is 10.6. The average molecular weight is 334 g/mol. The molecule has 0 radical (unpaired) electrons. The Hall–Kier alpha value is -1.35. The number of halogens is 5. The van der Waals surface area contributed by atoms with E-state index in [1.807, 2.05) is 5.32 Å². The summed E-state index contributed by atoms with van der Waals surface area (Å²) in [5, 5.41) is 1.93. The van der Waals surface area contributed by atoms with E-state index >= 15 is 0 Å². The third-order valence-corrected chi connectivity index (χ3v) is 3.49. The standard InChI is InChI=1S/C10H8ClF4NO3S/c11-20(18,19)8-5-6(1-2-7(8)12)9(17)16-4-3-10(13,14)15/h1-2,5H,3-4H2,(H,16,17). The highest BCUT2D eigenvalue weighted by Crippen LogP contribution is 2.21. The van der Waals surface area contributed by atoms with Crippen LogP contribution in [0.25, 0.3) is 0 Å². The van der Waals surface area contributed by atoms with E-state index in [1.54, 1.807) is 0 Å². The first-order chi connectivity index (χ1) is 9.00. The number of nitrogens with one attached hydrogen (secondary N) is 1. The van der Waals surface area contributed by atoms with Crippen molar-refractivity contribution in [3.8, 4) is 0 Å². The van der Waals surface area contributed by atoms with Crippen LogP contribution in [0.4, 0.5) is 17.6 Å². The monoisotopic (exact) mass is 333 g/mol. The van der Waals surface area contributed by atoms with Gasteiger partial charge in [0, 0.05) is 22.8 Å². The number of hydrogen-bond donors (Lipinski definition) is 1. The Morgan fingerprint density at radius 3 is 2.40 bits per heavy atom. The van der Waals surface area contributed by atoms with E-state index in [2.05, 4.69) is 0 Å². The Kier molecular flexibility index (Phi) is 4.98. The molecule has 0 spiro atoms. The van der Waals surface area contributed by atoms with Gasteiger partial charge in [0.2, 0.25) is 0 Å². The number of carbonyl (C=O) groups excluding carboxylic acids is 1. The number of rotatable bonds is 4. The fourth-order valence-corrected chi connectivity index (χ4v) is 2.17. The molecule has 4 nitrogen and oxygen atoms in total. The highest BCUT2D eigenvalue weighted by molar-refractivity contribution is 8.13. The molecule has 20 heavy (non-hydrogen) atoms. The van der Waals surface area contributed by atoms with E-state index in [1.165, 1.54) is 0 Å². The maximum Gasteiger partial charge on any atom is 0.390 e. The van der Waals surface area contributed by atoms with E-state index in [9.17, 15) is 30.8 Å². The first kappa shape index (κ1) is 16.7. The molecule has 0 aliphatic heterocycles. The van der Waals surface area contributed by atoms with Crippen molar-refractivity contribution in [3.05, 3.63) is 29.6 Å². The summed E-state index contributed by atoms with van der Waals surface area (Å²) in [6.45, 7) is -0.678. The summed E-state index contributed by atoms with van der Waals surface area (Å²) in [7, 11) is 0.560. The molecule has 1 N–H and O–H groups in total. The van der Waals surface area contributed by atoms with Gasteiger partial charge in [0.1, 0.15) is 10.7 Å². The lowest BCUT2D eigenvalue weighted by Crippen LogP contribution is -2.28. The van der Waals surface area contributed by atoms with Gasteiger partial charge in [-0.25, -0.2) is 12.8 Å². The van der Waals surface area contributed by atoms with Gasteiger partial charge in [-0.3, -0.25) is 4.79 Å². The molecule has 0 atom stereocenters. The lowest BCUT2D eigenvalue weighted by Gasteiger charge is -2.08. The Bertz CT molecular complexity index is 615. The number of amides is 1. The summed E-state index contributed by atoms with van der Waals surface area (Å²) in [5.74, 6) is -2.12. The molecule has 0 saturated carbocycles. The Balaban J connectivity index is 2.85. The van der Waals surface area contributed by atoms with Crippen molar-refractivity contribution in [2.75, 3.05) is 6.54 Å². The fraction of sp³-hybridized carbons (Fsp3) is 0.300. The fourth-order valence-electron chi connectivity index (χ4n) is 1.25. The van der Waals surface area contributed by atoms with Crippen LogP contribution in [0.1, 0.15) is 16.8 Å². The molecular formula is C10H8ClF4NO3S. The third kappa shape index (κ3) is 4.97. The Morgan fingerprint density at radius 2 is 1.90 bits per heavy atom. The summed E-state index contributed by atoms with van der Waals surface area (Å²) >= 11 is 0. The van der Waals surface area contributed by atoms with E-state index in [0.29, 0.717) is 12.1 Å². The molecule has 1 amide bonds. The van der Waals surface area contributed by atoms with Crippen LogP contribution in [0.5, 0.6) is 0 Å². The molecule has 0 aliphatic carbocycles. The van der Waals surface area contributed by atoms with Crippen molar-refractivity contribution >= 4 is 25.6 Å². The molecule has 10 heteroatoms. The van der Waals surface area contributed by atoms with Crippen molar-refractivity contribution in [1.29, 1.82) is 0 Å². The topological polar surface area (TPSA) is 63.2 Å². The molecule has 1 rings (SSSR count). The molecule has 1 aromatic carbocycles. The normalized spacial score (nSPS) is 12.2. The van der Waals surface area contributed by atoms with Gasteiger partial charge in [-0.2, -0.15) is 13.2 Å². The minimum Gasteiger partial charge on any atom is -0.352 e. The smallest absolute Gasteiger partial charge is 0.352 e. The van der Waals surface area contributed by atoms with Gasteiger partial charge in [0.25, 0.3) is 15.0 Å². The van der Waals surface area contributed by atoms with Gasteiger partial charge in [0.05, 0.1) is 6.42 Å². The second-order valence-electron chi connectivity index (χ2n) is 3.70. The van der Waals surface area contributed by atoms with Gasteiger partial charge >= 0.3 is 6.18 Å². The second kappa shape index (κ2) is 5.96. The van der Waals surface area contributed by atoms with Crippen LogP contribution in [0.3, 0.4) is 0 Å². The van der Waals surface area contributed by atoms with E-state index in [0.717, 1.165) is 6.07 Å². The molecule has 112 valence electrons. The molecule has 0 saturated heterocycles. The highest BCUT2D eigenvalue weighted by atomic mass is 35.7. The molecule has 1 aromatic rings. The van der Waals surface area contributed by atoms with Crippen molar-refractivity contribution in [3.63, 3.8) is 0 Å². The molecule has 0 unspecified atom stereocenters. The third-order valence-electron chi connectivity index (χ3n) is 2.15. The maximum absolute atomic E-state index is 13.2. The van der Waals surface area contributed by atoms with Crippen LogP contribution < -0.4 is 5.32 Å². The maximum atomic E-state index is 13.2. The van der Waals surface area contributed by atoms with Gasteiger partial charge in [-0.05, 0) is 18.2 Å². The second-order valence-corrected chi connectivity index (χ2v) is 6.24. The zero-order chi connectivity index (χ0) is 15.6. The zero-order valence-electron chi connectivity index (χ0n) is 9.67. The molecule has 0 bridgehead atoms. The Labute approximate surface area is 116 Å². The van der Waals surface area contributed by atoms with Gasteiger partial charge < -0.3 is 5.32 Å². The minimum absolute atomic E-state index is 0.312. The minimum atomic E-state index is -4.43. The summed E-state index contributed by atoms with van der Waals surface area (Å²) in [6.07, 6.45) is -5.67. The average Bonchev–Trinajstić information content (AvgIpc) is 2.26. The van der Waals surface area contributed by atoms with E-state index < -0.39 is 44.8 Å². The van der Waals surface area contributed by atoms with Gasteiger partial charge in [0.15, 0.2) is 0 Å². The summed E-state index contributed by atoms with van der Waals surface area (Å²) in [5.41, 5.74) is -0.312. The molecule has 0 aliphatic rings. The van der Waals surface area contributed by atoms with Crippen LogP contribution >= 0.6 is 10.7 Å². The predicted octanol–water partition coefficient (Wildman–Crippen LogP) is 2.44. The lowest BCUT2D eigenvalue weighted by atomic mass is 10.2. The van der Waals surface area contributed by atoms with Crippen LogP contribution in [0.2, 0.25) is 0 Å². The van der Waals surface area contributed by atoms with Crippen LogP contribution in [0, 0.1) is 5.82 Å². The van der Waals surface area contributed by atoms with Crippen molar-refractivity contribution in [2.24, 2.45) is 0 Å². The first-order valence-electron chi connectivity index (χ1n) is 5.10. The van der Waals surface area contributed by atoms with Crippen molar-refractivity contribution in [2.45, 2.75) is 17.5 Å². The zero-order valence-corrected chi connectivity index (χ0v) is 11.2. The Morgan fingerprint density at radius 1 is 1.30 bits per heavy atom. The predicted molar refractivity (Wildman–Crippen MR) is 62.4 cm³/mol. The van der Waals surface area contributed by atoms with Crippen LogP contribution in [-0.4, -0.2) is 27.0 Å². The van der Waals surface area contributed by atoms with Crippen molar-refractivity contribution in [1.82, 2.24) is 5.32 Å². The lowest BCUT2D eigenvalue weighted by molar-refractivity contribution is -0.132. The SMILES string of the molecule is O=C(NCCC(F)(F)F)c1ccc(F)c(S(=O)(=O)Cl)c1. The van der Waals surface area contributed by atoms with Crippen molar-refractivity contribution < 1.29 is 30.8 Å². The number of benzene rings is 1. The summed E-state index contributed by atoms with van der Waals surface area (Å²) < 4.78 is 70.9. The molecule has 0 aromatic heterocycles. The molecular weight excluding hydrogens is 326 g/mol. The largest absolute Gasteiger partial charge is 0.390 e. The number of alkyl halides is 3. The van der Waals surface area contributed by atoms with Crippen LogP contribution in [-0.2, 0) is 9.05 Å². The number of carbonyl (C=O) groups is 1. The van der Waals surface area contributed by atoms with Gasteiger partial charge in [-0.1, -0.05) is 0 Å². The molecule has 0 fully saturated rings. The number of hydrogen-bond acceptors (Lipinski definition) is 3. The van der Waals surface area contributed by atoms with E-state index in [4.69, 9.17) is 10.7 Å². The van der Waals surface area contributed by atoms with E-state index in [-0.39, 0.29) is 5.56 Å². The highest BCUT2D eigenvalue weighted by Gasteiger charge is 2.26. The molecule has 0 heterocycles. The summed E-state index contributed by atoms with van der Waals surface area (Å²) in [6, 6.07) is 2.28. The first-order valence-corrected chi connectivity index (χ1v) is 7.41. The van der Waals surface area contributed by atoms with Gasteiger partial charge in [-0.15, -0.1) is 0 Å². The quantitative estimate of drug-likeness (QED) is 0.680.